The van der Waals surface area contributed by atoms with E-state index in [4.69, 9.17) is 0 Å². The molecule has 0 radical (unpaired) electrons. The molecular weight excluding hydrogens is 278 g/mol. The lowest BCUT2D eigenvalue weighted by molar-refractivity contribution is 0.0667. The Morgan fingerprint density at radius 3 is 2.74 bits per heavy atom. The summed E-state index contributed by atoms with van der Waals surface area (Å²) in [6.07, 6.45) is 0.404. The van der Waals surface area contributed by atoms with Crippen molar-refractivity contribution >= 4 is 10.0 Å². The highest BCUT2D eigenvalue weighted by atomic mass is 32.2. The molecule has 19 heavy (non-hydrogen) atoms. The molecule has 0 aromatic heterocycles. The van der Waals surface area contributed by atoms with Crippen molar-refractivity contribution in [1.82, 2.24) is 10.0 Å². The number of hydrogen-bond donors (Lipinski definition) is 3. The van der Waals surface area contributed by atoms with Crippen LogP contribution in [0.15, 0.2) is 23.1 Å². The number of nitrogens with one attached hydrogen (secondary N) is 2. The molecule has 0 bridgehead atoms. The first-order valence-electron chi connectivity index (χ1n) is 5.70. The first kappa shape index (κ1) is 14.3. The van der Waals surface area contributed by atoms with Gasteiger partial charge in [0, 0.05) is 19.2 Å². The summed E-state index contributed by atoms with van der Waals surface area (Å²) in [5.74, 6) is -2.01. The Bertz CT molecular complexity index is 571. The molecule has 1 aliphatic heterocycles. The molecule has 106 valence electrons. The summed E-state index contributed by atoms with van der Waals surface area (Å²) in [5.41, 5.74) is -1.18. The maximum Gasteiger partial charge on any atom is 0.243 e. The lowest BCUT2D eigenvalue weighted by atomic mass is 10.1. The van der Waals surface area contributed by atoms with E-state index in [0.29, 0.717) is 19.0 Å². The standard InChI is InChI=1S/C11H14F2N2O3S/c12-8-1-2-10(9(13)5-8)19(17,18)15-7-11(16)3-4-14-6-11/h1-2,5,14-16H,3-4,6-7H2. The van der Waals surface area contributed by atoms with Gasteiger partial charge in [-0.15, -0.1) is 0 Å². The Kier molecular flexibility index (Phi) is 3.86. The third kappa shape index (κ3) is 3.27. The van der Waals surface area contributed by atoms with Gasteiger partial charge in [-0.3, -0.25) is 0 Å². The summed E-state index contributed by atoms with van der Waals surface area (Å²) < 4.78 is 52.0. The quantitative estimate of drug-likeness (QED) is 0.728. The summed E-state index contributed by atoms with van der Waals surface area (Å²) >= 11 is 0. The molecule has 5 nitrogen and oxygen atoms in total. The van der Waals surface area contributed by atoms with E-state index in [0.717, 1.165) is 12.1 Å². The molecule has 1 aromatic carbocycles. The van der Waals surface area contributed by atoms with Crippen LogP contribution in [0.2, 0.25) is 0 Å². The number of hydrogen-bond acceptors (Lipinski definition) is 4. The second-order valence-electron chi connectivity index (χ2n) is 4.55. The minimum atomic E-state index is -4.11. The minimum Gasteiger partial charge on any atom is -0.387 e. The van der Waals surface area contributed by atoms with Gasteiger partial charge in [-0.05, 0) is 25.1 Å². The Hall–Kier alpha value is -1.09. The predicted octanol–water partition coefficient (Wildman–Crippen LogP) is -0.0325. The van der Waals surface area contributed by atoms with Crippen molar-refractivity contribution in [3.8, 4) is 0 Å². The second kappa shape index (κ2) is 5.12. The average molecular weight is 292 g/mol. The van der Waals surface area contributed by atoms with Gasteiger partial charge in [0.1, 0.15) is 16.5 Å². The van der Waals surface area contributed by atoms with E-state index in [-0.39, 0.29) is 13.1 Å². The van der Waals surface area contributed by atoms with Gasteiger partial charge < -0.3 is 10.4 Å². The van der Waals surface area contributed by atoms with Crippen molar-refractivity contribution in [3.05, 3.63) is 29.8 Å². The summed E-state index contributed by atoms with van der Waals surface area (Å²) in [5, 5.41) is 12.9. The first-order valence-corrected chi connectivity index (χ1v) is 7.19. The molecule has 0 aliphatic carbocycles. The van der Waals surface area contributed by atoms with Gasteiger partial charge in [0.2, 0.25) is 10.0 Å². The molecule has 1 saturated heterocycles. The summed E-state index contributed by atoms with van der Waals surface area (Å²) in [4.78, 5) is -0.636. The Labute approximate surface area is 109 Å². The topological polar surface area (TPSA) is 78.4 Å². The molecule has 0 spiro atoms. The zero-order valence-electron chi connectivity index (χ0n) is 9.99. The van der Waals surface area contributed by atoms with Crippen molar-refractivity contribution in [1.29, 1.82) is 0 Å². The molecule has 1 atom stereocenters. The molecular formula is C11H14F2N2O3S. The van der Waals surface area contributed by atoms with Crippen molar-refractivity contribution in [2.45, 2.75) is 16.9 Å². The fourth-order valence-corrected chi connectivity index (χ4v) is 3.06. The van der Waals surface area contributed by atoms with Crippen LogP contribution in [0.4, 0.5) is 8.78 Å². The number of rotatable bonds is 4. The fraction of sp³-hybridized carbons (Fsp3) is 0.455. The van der Waals surface area contributed by atoms with Crippen LogP contribution < -0.4 is 10.0 Å². The summed E-state index contributed by atoms with van der Waals surface area (Å²) in [6, 6.07) is 2.22. The maximum absolute atomic E-state index is 13.4. The van der Waals surface area contributed by atoms with E-state index < -0.39 is 32.2 Å². The molecule has 1 heterocycles. The average Bonchev–Trinajstić information content (AvgIpc) is 2.74. The highest BCUT2D eigenvalue weighted by molar-refractivity contribution is 7.89. The van der Waals surface area contributed by atoms with Gasteiger partial charge in [-0.2, -0.15) is 0 Å². The predicted molar refractivity (Wildman–Crippen MR) is 64.0 cm³/mol. The number of halogens is 2. The number of aliphatic hydroxyl groups is 1. The van der Waals surface area contributed by atoms with E-state index >= 15 is 0 Å². The van der Waals surface area contributed by atoms with Gasteiger partial charge >= 0.3 is 0 Å². The smallest absolute Gasteiger partial charge is 0.243 e. The molecule has 1 fully saturated rings. The Morgan fingerprint density at radius 1 is 1.42 bits per heavy atom. The third-order valence-electron chi connectivity index (χ3n) is 3.00. The molecule has 2 rings (SSSR count). The monoisotopic (exact) mass is 292 g/mol. The second-order valence-corrected chi connectivity index (χ2v) is 6.29. The molecule has 0 amide bonds. The normalized spacial score (nSPS) is 23.7. The minimum absolute atomic E-state index is 0.223. The molecule has 1 unspecified atom stereocenters. The number of benzene rings is 1. The molecule has 8 heteroatoms. The van der Waals surface area contributed by atoms with E-state index in [2.05, 4.69) is 10.0 Å². The van der Waals surface area contributed by atoms with Crippen LogP contribution in [0, 0.1) is 11.6 Å². The molecule has 3 N–H and O–H groups in total. The number of β-amino-alcohol motifs (C(OH)–C–C–N with tert-alkyl or cyclic N) is 1. The van der Waals surface area contributed by atoms with Gasteiger partial charge in [0.25, 0.3) is 0 Å². The number of sulfonamides is 1. The van der Waals surface area contributed by atoms with Crippen LogP contribution in [0.25, 0.3) is 0 Å². The van der Waals surface area contributed by atoms with Gasteiger partial charge in [-0.1, -0.05) is 0 Å². The fourth-order valence-electron chi connectivity index (χ4n) is 1.88. The van der Waals surface area contributed by atoms with Crippen LogP contribution in [0.5, 0.6) is 0 Å². The highest BCUT2D eigenvalue weighted by Crippen LogP contribution is 2.17. The maximum atomic E-state index is 13.4. The Balaban J connectivity index is 2.14. The molecule has 1 aromatic rings. The lowest BCUT2D eigenvalue weighted by Crippen LogP contribution is -2.44. The highest BCUT2D eigenvalue weighted by Gasteiger charge is 2.33. The zero-order valence-corrected chi connectivity index (χ0v) is 10.8. The first-order chi connectivity index (χ1) is 8.82. The van der Waals surface area contributed by atoms with Crippen molar-refractivity contribution in [3.63, 3.8) is 0 Å². The van der Waals surface area contributed by atoms with Crippen LogP contribution in [0.3, 0.4) is 0 Å². The summed E-state index contributed by atoms with van der Waals surface area (Å²) in [7, 11) is -4.11. The van der Waals surface area contributed by atoms with Crippen LogP contribution >= 0.6 is 0 Å². The largest absolute Gasteiger partial charge is 0.387 e. The van der Waals surface area contributed by atoms with Crippen LogP contribution in [-0.4, -0.2) is 38.8 Å². The lowest BCUT2D eigenvalue weighted by Gasteiger charge is -2.21. The van der Waals surface area contributed by atoms with Crippen molar-refractivity contribution < 1.29 is 22.3 Å². The molecule has 0 saturated carbocycles. The summed E-state index contributed by atoms with van der Waals surface area (Å²) in [6.45, 7) is 0.629. The van der Waals surface area contributed by atoms with E-state index in [9.17, 15) is 22.3 Å². The Morgan fingerprint density at radius 2 is 2.16 bits per heavy atom. The molecule has 1 aliphatic rings. The zero-order chi connectivity index (χ0) is 14.1. The van der Waals surface area contributed by atoms with Gasteiger partial charge in [0.05, 0.1) is 5.60 Å². The van der Waals surface area contributed by atoms with Crippen LogP contribution in [-0.2, 0) is 10.0 Å². The third-order valence-corrected chi connectivity index (χ3v) is 4.43. The van der Waals surface area contributed by atoms with E-state index in [1.807, 2.05) is 0 Å². The van der Waals surface area contributed by atoms with Crippen molar-refractivity contribution in [2.75, 3.05) is 19.6 Å². The van der Waals surface area contributed by atoms with Crippen LogP contribution in [0.1, 0.15) is 6.42 Å². The van der Waals surface area contributed by atoms with E-state index in [1.165, 1.54) is 0 Å². The SMILES string of the molecule is O=S(=O)(NCC1(O)CCNC1)c1ccc(F)cc1F. The van der Waals surface area contributed by atoms with Gasteiger partial charge in [-0.25, -0.2) is 21.9 Å². The van der Waals surface area contributed by atoms with Crippen molar-refractivity contribution in [2.24, 2.45) is 0 Å². The van der Waals surface area contributed by atoms with Gasteiger partial charge in [0.15, 0.2) is 0 Å². The van der Waals surface area contributed by atoms with E-state index in [1.54, 1.807) is 0 Å².